The monoisotopic (exact) mass is 396 g/mol. The zero-order valence-electron chi connectivity index (χ0n) is 10.8. The van der Waals surface area contributed by atoms with Gasteiger partial charge in [-0.15, -0.1) is 0 Å². The highest BCUT2D eigenvalue weighted by Gasteiger charge is 2.20. The zero-order valence-corrected chi connectivity index (χ0v) is 13.9. The van der Waals surface area contributed by atoms with Crippen molar-refractivity contribution in [3.05, 3.63) is 51.2 Å². The van der Waals surface area contributed by atoms with Gasteiger partial charge in [0, 0.05) is 23.3 Å². The van der Waals surface area contributed by atoms with E-state index in [0.717, 1.165) is 32.6 Å². The third-order valence-electron chi connectivity index (χ3n) is 3.06. The maximum atomic E-state index is 5.87. The molecule has 104 valence electrons. The lowest BCUT2D eigenvalue weighted by molar-refractivity contribution is 0.476. The Morgan fingerprint density at radius 3 is 2.80 bits per heavy atom. The number of rotatable bonds is 5. The van der Waals surface area contributed by atoms with Gasteiger partial charge in [0.05, 0.1) is 10.7 Å². The van der Waals surface area contributed by atoms with E-state index < -0.39 is 0 Å². The number of nitrogens with one attached hydrogen (secondary N) is 1. The molecule has 1 N–H and O–H groups in total. The van der Waals surface area contributed by atoms with E-state index in [4.69, 9.17) is 4.74 Å². The third-order valence-corrected chi connectivity index (χ3v) is 4.18. The van der Waals surface area contributed by atoms with Crippen molar-refractivity contribution in [3.63, 3.8) is 0 Å². The second-order valence-electron chi connectivity index (χ2n) is 4.86. The van der Waals surface area contributed by atoms with E-state index >= 15 is 0 Å². The van der Waals surface area contributed by atoms with Crippen LogP contribution in [0.4, 0.5) is 0 Å². The van der Waals surface area contributed by atoms with Gasteiger partial charge >= 0.3 is 0 Å². The van der Waals surface area contributed by atoms with Crippen LogP contribution < -0.4 is 10.1 Å². The Kier molecular flexibility index (Phi) is 4.38. The Balaban J connectivity index is 1.70. The normalized spacial score (nSPS) is 14.3. The molecule has 20 heavy (non-hydrogen) atoms. The third kappa shape index (κ3) is 3.81. The summed E-state index contributed by atoms with van der Waals surface area (Å²) in [6, 6.07) is 8.55. The Labute approximate surface area is 135 Å². The number of pyridine rings is 1. The summed E-state index contributed by atoms with van der Waals surface area (Å²) < 4.78 is 7.79. The first-order chi connectivity index (χ1) is 9.70. The van der Waals surface area contributed by atoms with Crippen LogP contribution in [0.15, 0.2) is 45.6 Å². The molecule has 0 aliphatic heterocycles. The summed E-state index contributed by atoms with van der Waals surface area (Å²) in [5.41, 5.74) is 1.14. The number of halogens is 2. The maximum absolute atomic E-state index is 5.87. The molecule has 0 amide bonds. The molecule has 1 aliphatic carbocycles. The average molecular weight is 398 g/mol. The van der Waals surface area contributed by atoms with Crippen LogP contribution in [0.3, 0.4) is 0 Å². The number of ether oxygens (including phenoxy) is 1. The molecule has 1 aliphatic rings. The predicted octanol–water partition coefficient (Wildman–Crippen LogP) is 4.65. The summed E-state index contributed by atoms with van der Waals surface area (Å²) in [6.07, 6.45) is 6.18. The predicted molar refractivity (Wildman–Crippen MR) is 86.0 cm³/mol. The van der Waals surface area contributed by atoms with E-state index in [1.54, 1.807) is 6.20 Å². The summed E-state index contributed by atoms with van der Waals surface area (Å²) in [6.45, 7) is 0.844. The molecule has 3 rings (SSSR count). The molecule has 0 bridgehead atoms. The van der Waals surface area contributed by atoms with Crippen molar-refractivity contribution in [2.75, 3.05) is 0 Å². The number of benzene rings is 1. The minimum atomic E-state index is 0.695. The molecule has 3 nitrogen and oxygen atoms in total. The summed E-state index contributed by atoms with van der Waals surface area (Å²) in [7, 11) is 0. The average Bonchev–Trinajstić information content (AvgIpc) is 3.24. The number of hydrogen-bond donors (Lipinski definition) is 1. The molecule has 5 heteroatoms. The smallest absolute Gasteiger partial charge is 0.146 e. The molecule has 2 aromatic rings. The first-order valence-electron chi connectivity index (χ1n) is 6.51. The first kappa shape index (κ1) is 14.0. The lowest BCUT2D eigenvalue weighted by atomic mass is 10.2. The van der Waals surface area contributed by atoms with Crippen LogP contribution in [0.5, 0.6) is 11.5 Å². The molecule has 1 saturated carbocycles. The molecule has 1 fully saturated rings. The van der Waals surface area contributed by atoms with E-state index in [2.05, 4.69) is 42.2 Å². The topological polar surface area (TPSA) is 34.1 Å². The van der Waals surface area contributed by atoms with E-state index in [-0.39, 0.29) is 0 Å². The van der Waals surface area contributed by atoms with Crippen LogP contribution in [-0.2, 0) is 6.54 Å². The number of hydrogen-bond acceptors (Lipinski definition) is 3. The molecule has 0 saturated heterocycles. The highest BCUT2D eigenvalue weighted by molar-refractivity contribution is 9.11. The van der Waals surface area contributed by atoms with Gasteiger partial charge in [-0.25, -0.2) is 0 Å². The number of nitrogens with zero attached hydrogens (tertiary/aromatic N) is 1. The lowest BCUT2D eigenvalue weighted by Crippen LogP contribution is -2.15. The fourth-order valence-corrected chi connectivity index (χ4v) is 2.98. The van der Waals surface area contributed by atoms with Crippen LogP contribution in [0.1, 0.15) is 18.4 Å². The molecule has 0 atom stereocenters. The van der Waals surface area contributed by atoms with Gasteiger partial charge in [-0.1, -0.05) is 15.9 Å². The van der Waals surface area contributed by atoms with Gasteiger partial charge in [-0.05, 0) is 58.6 Å². The van der Waals surface area contributed by atoms with Gasteiger partial charge in [-0.2, -0.15) is 0 Å². The Morgan fingerprint density at radius 2 is 2.05 bits per heavy atom. The van der Waals surface area contributed by atoms with Gasteiger partial charge in [0.2, 0.25) is 0 Å². The summed E-state index contributed by atoms with van der Waals surface area (Å²) in [5, 5.41) is 3.47. The quantitative estimate of drug-likeness (QED) is 0.797. The SMILES string of the molecule is Brc1ccc(Oc2cncc(CNC3CC3)c2)c(Br)c1. The molecular weight excluding hydrogens is 384 g/mol. The minimum absolute atomic E-state index is 0.695. The summed E-state index contributed by atoms with van der Waals surface area (Å²) in [5.74, 6) is 1.53. The van der Waals surface area contributed by atoms with Crippen LogP contribution in [0, 0.1) is 0 Å². The molecule has 1 aromatic heterocycles. The van der Waals surface area contributed by atoms with Gasteiger partial charge in [-0.3, -0.25) is 4.98 Å². The standard InChI is InChI=1S/C15H14Br2N2O/c16-11-1-4-15(14(17)6-11)20-13-5-10(7-18-9-13)8-19-12-2-3-12/h1,4-7,9,12,19H,2-3,8H2. The lowest BCUT2D eigenvalue weighted by Gasteiger charge is -2.09. The van der Waals surface area contributed by atoms with Gasteiger partial charge in [0.1, 0.15) is 11.5 Å². The molecule has 0 unspecified atom stereocenters. The van der Waals surface area contributed by atoms with Crippen molar-refractivity contribution in [3.8, 4) is 11.5 Å². The second-order valence-corrected chi connectivity index (χ2v) is 6.63. The summed E-state index contributed by atoms with van der Waals surface area (Å²) in [4.78, 5) is 4.24. The van der Waals surface area contributed by atoms with Crippen LogP contribution >= 0.6 is 31.9 Å². The minimum Gasteiger partial charge on any atom is -0.455 e. The Bertz CT molecular complexity index is 615. The summed E-state index contributed by atoms with van der Waals surface area (Å²) >= 11 is 6.92. The van der Waals surface area contributed by atoms with E-state index in [1.807, 2.05) is 30.5 Å². The number of aromatic nitrogens is 1. The van der Waals surface area contributed by atoms with Gasteiger partial charge < -0.3 is 10.1 Å². The van der Waals surface area contributed by atoms with Gasteiger partial charge in [0.15, 0.2) is 0 Å². The van der Waals surface area contributed by atoms with Crippen molar-refractivity contribution >= 4 is 31.9 Å². The highest BCUT2D eigenvalue weighted by Crippen LogP contribution is 2.32. The Hall–Kier alpha value is -0.910. The van der Waals surface area contributed by atoms with Crippen molar-refractivity contribution in [2.24, 2.45) is 0 Å². The van der Waals surface area contributed by atoms with Gasteiger partial charge in [0.25, 0.3) is 0 Å². The highest BCUT2D eigenvalue weighted by atomic mass is 79.9. The molecule has 0 spiro atoms. The van der Waals surface area contributed by atoms with E-state index in [1.165, 1.54) is 12.8 Å². The van der Waals surface area contributed by atoms with Crippen LogP contribution in [0.25, 0.3) is 0 Å². The van der Waals surface area contributed by atoms with Crippen LogP contribution in [0.2, 0.25) is 0 Å². The van der Waals surface area contributed by atoms with Crippen molar-refractivity contribution in [1.82, 2.24) is 10.3 Å². The van der Waals surface area contributed by atoms with E-state index in [9.17, 15) is 0 Å². The van der Waals surface area contributed by atoms with Crippen molar-refractivity contribution < 1.29 is 4.74 Å². The molecular formula is C15H14Br2N2O. The largest absolute Gasteiger partial charge is 0.455 e. The fraction of sp³-hybridized carbons (Fsp3) is 0.267. The van der Waals surface area contributed by atoms with Crippen LogP contribution in [-0.4, -0.2) is 11.0 Å². The maximum Gasteiger partial charge on any atom is 0.146 e. The zero-order chi connectivity index (χ0) is 13.9. The molecule has 1 aromatic carbocycles. The molecule has 1 heterocycles. The van der Waals surface area contributed by atoms with Crippen molar-refractivity contribution in [2.45, 2.75) is 25.4 Å². The van der Waals surface area contributed by atoms with E-state index in [0.29, 0.717) is 6.04 Å². The Morgan fingerprint density at radius 1 is 1.20 bits per heavy atom. The fourth-order valence-electron chi connectivity index (χ4n) is 1.85. The molecule has 0 radical (unpaired) electrons. The first-order valence-corrected chi connectivity index (χ1v) is 8.09. The second kappa shape index (κ2) is 6.24. The van der Waals surface area contributed by atoms with Crippen molar-refractivity contribution in [1.29, 1.82) is 0 Å².